The van der Waals surface area contributed by atoms with E-state index in [1.165, 1.54) is 0 Å². The summed E-state index contributed by atoms with van der Waals surface area (Å²) in [5, 5.41) is 0. The van der Waals surface area contributed by atoms with Crippen molar-refractivity contribution in [2.24, 2.45) is 11.3 Å². The highest BCUT2D eigenvalue weighted by Crippen LogP contribution is 2.32. The number of halogens is 3. The van der Waals surface area contributed by atoms with Crippen molar-refractivity contribution in [2.75, 3.05) is 13.1 Å². The van der Waals surface area contributed by atoms with Crippen molar-refractivity contribution in [3.63, 3.8) is 0 Å². The molecule has 0 radical (unpaired) electrons. The van der Waals surface area contributed by atoms with Gasteiger partial charge < -0.3 is 4.90 Å². The van der Waals surface area contributed by atoms with E-state index in [4.69, 9.17) is 0 Å². The molecule has 0 N–H and O–H groups in total. The van der Waals surface area contributed by atoms with E-state index in [1.54, 1.807) is 0 Å². The Morgan fingerprint density at radius 3 is 2.31 bits per heavy atom. The molecule has 0 saturated carbocycles. The van der Waals surface area contributed by atoms with E-state index < -0.39 is 12.7 Å². The predicted molar refractivity (Wildman–Crippen MR) is 54.8 cm³/mol. The van der Waals surface area contributed by atoms with E-state index in [2.05, 4.69) is 0 Å². The Morgan fingerprint density at radius 2 is 1.88 bits per heavy atom. The van der Waals surface area contributed by atoms with Crippen molar-refractivity contribution in [2.45, 2.75) is 39.8 Å². The second-order valence-electron chi connectivity index (χ2n) is 5.63. The molecule has 5 heteroatoms. The van der Waals surface area contributed by atoms with Gasteiger partial charge >= 0.3 is 6.18 Å². The van der Waals surface area contributed by atoms with Crippen LogP contribution >= 0.6 is 0 Å². The first-order valence-electron chi connectivity index (χ1n) is 5.44. The topological polar surface area (TPSA) is 20.3 Å². The number of alkyl halides is 3. The fourth-order valence-electron chi connectivity index (χ4n) is 2.11. The first-order valence-corrected chi connectivity index (χ1v) is 5.44. The summed E-state index contributed by atoms with van der Waals surface area (Å²) in [5.41, 5.74) is -0.0193. The van der Waals surface area contributed by atoms with Gasteiger partial charge in [0.2, 0.25) is 5.91 Å². The summed E-state index contributed by atoms with van der Waals surface area (Å²) < 4.78 is 36.5. The second-order valence-corrected chi connectivity index (χ2v) is 5.63. The number of amides is 1. The third-order valence-corrected chi connectivity index (χ3v) is 2.64. The molecule has 1 atom stereocenters. The first-order chi connectivity index (χ1) is 7.08. The van der Waals surface area contributed by atoms with Crippen molar-refractivity contribution < 1.29 is 18.0 Å². The van der Waals surface area contributed by atoms with Gasteiger partial charge in [-0.05, 0) is 18.3 Å². The van der Waals surface area contributed by atoms with Gasteiger partial charge in [0, 0.05) is 12.5 Å². The summed E-state index contributed by atoms with van der Waals surface area (Å²) in [7, 11) is 0. The fraction of sp³-hybridized carbons (Fsp3) is 0.909. The Morgan fingerprint density at radius 1 is 1.31 bits per heavy atom. The lowest BCUT2D eigenvalue weighted by molar-refractivity contribution is -0.159. The van der Waals surface area contributed by atoms with Gasteiger partial charge in [0.15, 0.2) is 0 Å². The van der Waals surface area contributed by atoms with Crippen molar-refractivity contribution in [1.29, 1.82) is 0 Å². The summed E-state index contributed by atoms with van der Waals surface area (Å²) in [6.45, 7) is 5.11. The van der Waals surface area contributed by atoms with Crippen LogP contribution in [0.1, 0.15) is 33.6 Å². The summed E-state index contributed by atoms with van der Waals surface area (Å²) in [5.74, 6) is -0.574. The highest BCUT2D eigenvalue weighted by atomic mass is 19.4. The summed E-state index contributed by atoms with van der Waals surface area (Å²) in [4.78, 5) is 12.6. The van der Waals surface area contributed by atoms with Gasteiger partial charge in [-0.2, -0.15) is 13.2 Å². The predicted octanol–water partition coefficient (Wildman–Crippen LogP) is 2.83. The molecule has 1 amide bonds. The van der Waals surface area contributed by atoms with Crippen LogP contribution < -0.4 is 0 Å². The molecule has 2 nitrogen and oxygen atoms in total. The van der Waals surface area contributed by atoms with Crippen LogP contribution in [0.4, 0.5) is 13.2 Å². The third-order valence-electron chi connectivity index (χ3n) is 2.64. The molecule has 0 bridgehead atoms. The minimum Gasteiger partial charge on any atom is -0.333 e. The SMILES string of the molecule is CC(C)(C)CC1CCN(CC(F)(F)F)C1=O. The molecule has 16 heavy (non-hydrogen) atoms. The van der Waals surface area contributed by atoms with Gasteiger partial charge in [0.1, 0.15) is 6.54 Å². The zero-order valence-electron chi connectivity index (χ0n) is 9.90. The lowest BCUT2D eigenvalue weighted by Crippen LogP contribution is -2.36. The average Bonchev–Trinajstić information content (AvgIpc) is 2.30. The van der Waals surface area contributed by atoms with Crippen LogP contribution in [-0.4, -0.2) is 30.1 Å². The molecule has 0 aromatic heterocycles. The second kappa shape index (κ2) is 4.26. The molecule has 0 aromatic rings. The van der Waals surface area contributed by atoms with E-state index in [0.717, 1.165) is 4.90 Å². The molecular formula is C11H18F3NO. The van der Waals surface area contributed by atoms with Crippen molar-refractivity contribution >= 4 is 5.91 Å². The van der Waals surface area contributed by atoms with Gasteiger partial charge in [-0.3, -0.25) is 4.79 Å². The van der Waals surface area contributed by atoms with E-state index in [-0.39, 0.29) is 23.8 Å². The van der Waals surface area contributed by atoms with E-state index in [1.807, 2.05) is 20.8 Å². The van der Waals surface area contributed by atoms with E-state index in [0.29, 0.717) is 12.8 Å². The largest absolute Gasteiger partial charge is 0.406 e. The summed E-state index contributed by atoms with van der Waals surface area (Å²) in [6, 6.07) is 0. The number of hydrogen-bond acceptors (Lipinski definition) is 1. The van der Waals surface area contributed by atoms with Gasteiger partial charge in [0.25, 0.3) is 0 Å². The molecule has 1 unspecified atom stereocenters. The Bertz CT molecular complexity index is 241. The van der Waals surface area contributed by atoms with E-state index in [9.17, 15) is 18.0 Å². The molecular weight excluding hydrogens is 219 g/mol. The highest BCUT2D eigenvalue weighted by Gasteiger charge is 2.40. The number of hydrogen-bond donors (Lipinski definition) is 0. The summed E-state index contributed by atoms with van der Waals surface area (Å²) in [6.07, 6.45) is -3.08. The van der Waals surface area contributed by atoms with Crippen LogP contribution in [0, 0.1) is 11.3 Å². The Kier molecular flexibility index (Phi) is 3.55. The number of carbonyl (C=O) groups is 1. The summed E-state index contributed by atoms with van der Waals surface area (Å²) >= 11 is 0. The van der Waals surface area contributed by atoms with Crippen LogP contribution in [0.2, 0.25) is 0 Å². The molecule has 94 valence electrons. The molecule has 1 rings (SSSR count). The molecule has 1 aliphatic heterocycles. The highest BCUT2D eigenvalue weighted by molar-refractivity contribution is 5.80. The average molecular weight is 237 g/mol. The fourth-order valence-corrected chi connectivity index (χ4v) is 2.11. The Balaban J connectivity index is 2.55. The molecule has 0 aromatic carbocycles. The monoisotopic (exact) mass is 237 g/mol. The van der Waals surface area contributed by atoms with Gasteiger partial charge in [-0.15, -0.1) is 0 Å². The van der Waals surface area contributed by atoms with Gasteiger partial charge in [-0.25, -0.2) is 0 Å². The quantitative estimate of drug-likeness (QED) is 0.723. The molecule has 1 heterocycles. The molecule has 1 saturated heterocycles. The molecule has 0 aliphatic carbocycles. The number of likely N-dealkylation sites (tertiary alicyclic amines) is 1. The van der Waals surface area contributed by atoms with E-state index >= 15 is 0 Å². The van der Waals surface area contributed by atoms with Crippen LogP contribution in [0.3, 0.4) is 0 Å². The smallest absolute Gasteiger partial charge is 0.333 e. The first kappa shape index (κ1) is 13.3. The number of nitrogens with zero attached hydrogens (tertiary/aromatic N) is 1. The maximum atomic E-state index is 12.2. The van der Waals surface area contributed by atoms with Crippen molar-refractivity contribution in [1.82, 2.24) is 4.90 Å². The van der Waals surface area contributed by atoms with Gasteiger partial charge in [0.05, 0.1) is 0 Å². The third kappa shape index (κ3) is 4.02. The van der Waals surface area contributed by atoms with Crippen molar-refractivity contribution in [3.05, 3.63) is 0 Å². The lowest BCUT2D eigenvalue weighted by atomic mass is 9.84. The minimum atomic E-state index is -4.29. The zero-order valence-corrected chi connectivity index (χ0v) is 9.90. The maximum Gasteiger partial charge on any atom is 0.406 e. The standard InChI is InChI=1S/C11H18F3NO/c1-10(2,3)6-8-4-5-15(9(8)16)7-11(12,13)14/h8H,4-7H2,1-3H3. The van der Waals surface area contributed by atoms with Crippen LogP contribution in [0.25, 0.3) is 0 Å². The lowest BCUT2D eigenvalue weighted by Gasteiger charge is -2.23. The maximum absolute atomic E-state index is 12.2. The van der Waals surface area contributed by atoms with Crippen LogP contribution in [-0.2, 0) is 4.79 Å². The minimum absolute atomic E-state index is 0.0193. The number of rotatable bonds is 2. The van der Waals surface area contributed by atoms with Gasteiger partial charge in [-0.1, -0.05) is 20.8 Å². The molecule has 0 spiro atoms. The zero-order chi connectivity index (χ0) is 12.6. The van der Waals surface area contributed by atoms with Crippen LogP contribution in [0.5, 0.6) is 0 Å². The van der Waals surface area contributed by atoms with Crippen molar-refractivity contribution in [3.8, 4) is 0 Å². The molecule has 1 fully saturated rings. The Hall–Kier alpha value is -0.740. The normalized spacial score (nSPS) is 23.0. The number of carbonyl (C=O) groups excluding carboxylic acids is 1. The van der Waals surface area contributed by atoms with Crippen LogP contribution in [0.15, 0.2) is 0 Å². The molecule has 1 aliphatic rings. The Labute approximate surface area is 93.8 Å².